The average Bonchev–Trinajstić information content (AvgIpc) is 1.65. The molecular weight excluding hydrogens is 106 g/mol. The van der Waals surface area contributed by atoms with Gasteiger partial charge in [-0.25, -0.2) is 5.06 Å². The van der Waals surface area contributed by atoms with E-state index >= 15 is 0 Å². The van der Waals surface area contributed by atoms with Gasteiger partial charge in [0.25, 0.3) is 5.91 Å². The Morgan fingerprint density at radius 3 is 2.25 bits per heavy atom. The SMILES string of the molecule is CC1(C)CN(O)C1=O. The van der Waals surface area contributed by atoms with E-state index in [1.807, 2.05) is 13.8 Å². The molecule has 0 unspecified atom stereocenters. The average molecular weight is 115 g/mol. The maximum Gasteiger partial charge on any atom is 0.253 e. The van der Waals surface area contributed by atoms with Crippen LogP contribution in [0.5, 0.6) is 0 Å². The lowest BCUT2D eigenvalue weighted by atomic mass is 9.85. The lowest BCUT2D eigenvalue weighted by molar-refractivity contribution is -0.210. The van der Waals surface area contributed by atoms with Gasteiger partial charge < -0.3 is 0 Å². The van der Waals surface area contributed by atoms with Gasteiger partial charge in [-0.05, 0) is 13.8 Å². The maximum atomic E-state index is 10.6. The van der Waals surface area contributed by atoms with Crippen molar-refractivity contribution >= 4 is 5.91 Å². The van der Waals surface area contributed by atoms with Gasteiger partial charge in [-0.15, -0.1) is 0 Å². The molecule has 0 atom stereocenters. The van der Waals surface area contributed by atoms with Crippen LogP contribution in [0.25, 0.3) is 0 Å². The van der Waals surface area contributed by atoms with Crippen molar-refractivity contribution < 1.29 is 10.0 Å². The molecule has 1 heterocycles. The quantitative estimate of drug-likeness (QED) is 0.363. The van der Waals surface area contributed by atoms with Gasteiger partial charge in [-0.2, -0.15) is 0 Å². The molecule has 0 aliphatic carbocycles. The predicted molar refractivity (Wildman–Crippen MR) is 27.3 cm³/mol. The Morgan fingerprint density at radius 2 is 2.25 bits per heavy atom. The second-order valence-electron chi connectivity index (χ2n) is 2.75. The van der Waals surface area contributed by atoms with Gasteiger partial charge >= 0.3 is 0 Å². The molecule has 1 N–H and O–H groups in total. The smallest absolute Gasteiger partial charge is 0.253 e. The van der Waals surface area contributed by atoms with Crippen molar-refractivity contribution in [2.24, 2.45) is 5.41 Å². The molecule has 0 aromatic heterocycles. The topological polar surface area (TPSA) is 40.5 Å². The molecule has 8 heavy (non-hydrogen) atoms. The highest BCUT2D eigenvalue weighted by Gasteiger charge is 2.43. The van der Waals surface area contributed by atoms with Crippen LogP contribution in [0.2, 0.25) is 0 Å². The van der Waals surface area contributed by atoms with Gasteiger partial charge in [0.05, 0.1) is 12.0 Å². The second-order valence-corrected chi connectivity index (χ2v) is 2.75. The zero-order chi connectivity index (χ0) is 6.36. The summed E-state index contributed by atoms with van der Waals surface area (Å²) in [6.07, 6.45) is 0. The van der Waals surface area contributed by atoms with E-state index in [1.54, 1.807) is 0 Å². The standard InChI is InChI=1S/C5H9NO2/c1-5(2)3-6(8)4(5)7/h8H,3H2,1-2H3. The van der Waals surface area contributed by atoms with E-state index in [0.29, 0.717) is 6.54 Å². The van der Waals surface area contributed by atoms with E-state index in [4.69, 9.17) is 5.21 Å². The normalized spacial score (nSPS) is 25.4. The maximum absolute atomic E-state index is 10.6. The molecule has 0 spiro atoms. The Morgan fingerprint density at radius 1 is 1.75 bits per heavy atom. The van der Waals surface area contributed by atoms with E-state index in [2.05, 4.69) is 0 Å². The summed E-state index contributed by atoms with van der Waals surface area (Å²) in [6.45, 7) is 4.08. The first-order valence-corrected chi connectivity index (χ1v) is 2.55. The van der Waals surface area contributed by atoms with Crippen LogP contribution < -0.4 is 0 Å². The first kappa shape index (κ1) is 5.56. The molecule has 1 rings (SSSR count). The van der Waals surface area contributed by atoms with Crippen LogP contribution in [-0.2, 0) is 4.79 Å². The molecule has 1 saturated heterocycles. The molecular formula is C5H9NO2. The van der Waals surface area contributed by atoms with Gasteiger partial charge in [0.1, 0.15) is 0 Å². The number of hydroxylamine groups is 2. The van der Waals surface area contributed by atoms with Crippen molar-refractivity contribution in [3.05, 3.63) is 0 Å². The summed E-state index contributed by atoms with van der Waals surface area (Å²) >= 11 is 0. The van der Waals surface area contributed by atoms with Gasteiger partial charge in [-0.3, -0.25) is 10.0 Å². The summed E-state index contributed by atoms with van der Waals surface area (Å²) in [5, 5.41) is 9.27. The molecule has 0 saturated carbocycles. The van der Waals surface area contributed by atoms with E-state index in [9.17, 15) is 4.79 Å². The summed E-state index contributed by atoms with van der Waals surface area (Å²) < 4.78 is 0. The summed E-state index contributed by atoms with van der Waals surface area (Å²) in [5.74, 6) is -0.183. The molecule has 1 aliphatic heterocycles. The van der Waals surface area contributed by atoms with Crippen LogP contribution in [0.3, 0.4) is 0 Å². The first-order valence-electron chi connectivity index (χ1n) is 2.55. The molecule has 1 amide bonds. The van der Waals surface area contributed by atoms with Crippen molar-refractivity contribution in [2.45, 2.75) is 13.8 Å². The third-order valence-corrected chi connectivity index (χ3v) is 1.36. The summed E-state index contributed by atoms with van der Waals surface area (Å²) in [4.78, 5) is 10.6. The number of β-lactam (4-membered cyclic amide) rings is 1. The van der Waals surface area contributed by atoms with Crippen LogP contribution in [0.1, 0.15) is 13.8 Å². The summed E-state index contributed by atoms with van der Waals surface area (Å²) in [6, 6.07) is 0. The predicted octanol–water partition coefficient (Wildman–Crippen LogP) is 0.244. The van der Waals surface area contributed by atoms with Gasteiger partial charge in [0.2, 0.25) is 0 Å². The number of carbonyl (C=O) groups excluding carboxylic acids is 1. The van der Waals surface area contributed by atoms with E-state index < -0.39 is 0 Å². The molecule has 3 heteroatoms. The molecule has 1 fully saturated rings. The monoisotopic (exact) mass is 115 g/mol. The fourth-order valence-electron chi connectivity index (χ4n) is 0.772. The lowest BCUT2D eigenvalue weighted by Gasteiger charge is -2.39. The fraction of sp³-hybridized carbons (Fsp3) is 0.800. The van der Waals surface area contributed by atoms with Crippen LogP contribution >= 0.6 is 0 Å². The molecule has 3 nitrogen and oxygen atoms in total. The van der Waals surface area contributed by atoms with Crippen molar-refractivity contribution in [3.63, 3.8) is 0 Å². The number of carbonyl (C=O) groups is 1. The number of rotatable bonds is 0. The number of amides is 1. The van der Waals surface area contributed by atoms with E-state index in [0.717, 1.165) is 5.06 Å². The minimum absolute atomic E-state index is 0.183. The molecule has 0 aromatic carbocycles. The van der Waals surface area contributed by atoms with Crippen molar-refractivity contribution in [2.75, 3.05) is 6.54 Å². The Hall–Kier alpha value is -0.570. The number of hydrogen-bond donors (Lipinski definition) is 1. The zero-order valence-electron chi connectivity index (χ0n) is 5.01. The second kappa shape index (κ2) is 1.23. The van der Waals surface area contributed by atoms with Crippen LogP contribution in [0.4, 0.5) is 0 Å². The van der Waals surface area contributed by atoms with Gasteiger partial charge in [0, 0.05) is 0 Å². The highest BCUT2D eigenvalue weighted by molar-refractivity contribution is 5.86. The molecule has 0 aromatic rings. The summed E-state index contributed by atoms with van der Waals surface area (Å²) in [7, 11) is 0. The first-order chi connectivity index (χ1) is 3.54. The third kappa shape index (κ3) is 0.512. The van der Waals surface area contributed by atoms with Gasteiger partial charge in [0.15, 0.2) is 0 Å². The number of nitrogens with zero attached hydrogens (tertiary/aromatic N) is 1. The largest absolute Gasteiger partial charge is 0.286 e. The highest BCUT2D eigenvalue weighted by Crippen LogP contribution is 2.28. The van der Waals surface area contributed by atoms with E-state index in [1.165, 1.54) is 0 Å². The zero-order valence-corrected chi connectivity index (χ0v) is 5.01. The Kier molecular flexibility index (Phi) is 0.854. The molecule has 0 radical (unpaired) electrons. The number of hydrogen-bond acceptors (Lipinski definition) is 2. The Labute approximate surface area is 47.9 Å². The highest BCUT2D eigenvalue weighted by atomic mass is 16.5. The van der Waals surface area contributed by atoms with Crippen molar-refractivity contribution in [3.8, 4) is 0 Å². The third-order valence-electron chi connectivity index (χ3n) is 1.36. The summed E-state index contributed by atoms with van der Waals surface area (Å²) in [5.41, 5.74) is -0.311. The van der Waals surface area contributed by atoms with Crippen LogP contribution in [0.15, 0.2) is 0 Å². The Bertz CT molecular complexity index is 130. The van der Waals surface area contributed by atoms with Crippen LogP contribution in [0, 0.1) is 5.41 Å². The van der Waals surface area contributed by atoms with Crippen molar-refractivity contribution in [1.82, 2.24) is 5.06 Å². The molecule has 1 aliphatic rings. The Balaban J connectivity index is 2.61. The minimum atomic E-state index is -0.311. The van der Waals surface area contributed by atoms with Gasteiger partial charge in [-0.1, -0.05) is 0 Å². The van der Waals surface area contributed by atoms with Crippen molar-refractivity contribution in [1.29, 1.82) is 0 Å². The lowest BCUT2D eigenvalue weighted by Crippen LogP contribution is -2.56. The van der Waals surface area contributed by atoms with E-state index in [-0.39, 0.29) is 11.3 Å². The minimum Gasteiger partial charge on any atom is -0.286 e. The fourth-order valence-corrected chi connectivity index (χ4v) is 0.772. The molecule has 0 bridgehead atoms. The van der Waals surface area contributed by atoms with Crippen LogP contribution in [-0.4, -0.2) is 22.7 Å². The molecule has 46 valence electrons.